The van der Waals surface area contributed by atoms with Crippen LogP contribution in [0.25, 0.3) is 0 Å². The highest BCUT2D eigenvalue weighted by Crippen LogP contribution is 2.06. The predicted molar refractivity (Wildman–Crippen MR) is 67.9 cm³/mol. The van der Waals surface area contributed by atoms with Crippen molar-refractivity contribution in [2.75, 3.05) is 19.9 Å². The minimum Gasteiger partial charge on any atom is -0.355 e. The first kappa shape index (κ1) is 12.6. The molecule has 1 aliphatic heterocycles. The molecule has 1 fully saturated rings. The van der Waals surface area contributed by atoms with Gasteiger partial charge in [-0.25, -0.2) is 0 Å². The van der Waals surface area contributed by atoms with Crippen molar-refractivity contribution in [2.24, 2.45) is 0 Å². The first-order valence-corrected chi connectivity index (χ1v) is 6.31. The summed E-state index contributed by atoms with van der Waals surface area (Å²) >= 11 is 0. The van der Waals surface area contributed by atoms with E-state index in [1.807, 2.05) is 0 Å². The fraction of sp³-hybridized carbons (Fsp3) is 0.571. The van der Waals surface area contributed by atoms with Crippen LogP contribution < -0.4 is 5.32 Å². The fourth-order valence-corrected chi connectivity index (χ4v) is 2.03. The predicted octanol–water partition coefficient (Wildman–Crippen LogP) is 1.97. The van der Waals surface area contributed by atoms with Crippen molar-refractivity contribution in [3.63, 3.8) is 0 Å². The van der Waals surface area contributed by atoms with Crippen LogP contribution in [0, 0.1) is 0 Å². The van der Waals surface area contributed by atoms with Gasteiger partial charge in [-0.05, 0) is 25.3 Å². The Morgan fingerprint density at radius 2 is 2.18 bits per heavy atom. The minimum absolute atomic E-state index is 0.307. The third kappa shape index (κ3) is 4.46. The zero-order chi connectivity index (χ0) is 11.9. The highest BCUT2D eigenvalue weighted by Gasteiger charge is 2.14. The average molecular weight is 235 g/mol. The number of benzene rings is 1. The lowest BCUT2D eigenvalue weighted by Crippen LogP contribution is -2.38. The third-order valence-corrected chi connectivity index (χ3v) is 3.05. The Labute approximate surface area is 103 Å². The SMILES string of the molecule is CC(Cc1ccccc1)NCC1CCOCO1. The smallest absolute Gasteiger partial charge is 0.147 e. The molecule has 94 valence electrons. The molecule has 0 saturated carbocycles. The van der Waals surface area contributed by atoms with Gasteiger partial charge in [0, 0.05) is 12.6 Å². The Kier molecular flexibility index (Phi) is 4.98. The Hall–Kier alpha value is -0.900. The molecule has 0 spiro atoms. The first-order chi connectivity index (χ1) is 8.34. The topological polar surface area (TPSA) is 30.5 Å². The Balaban J connectivity index is 1.68. The highest BCUT2D eigenvalue weighted by atomic mass is 16.7. The number of hydrogen-bond donors (Lipinski definition) is 1. The van der Waals surface area contributed by atoms with E-state index in [0.717, 1.165) is 26.0 Å². The quantitative estimate of drug-likeness (QED) is 0.846. The van der Waals surface area contributed by atoms with Crippen LogP contribution in [0.15, 0.2) is 30.3 Å². The monoisotopic (exact) mass is 235 g/mol. The van der Waals surface area contributed by atoms with Gasteiger partial charge in [0.05, 0.1) is 12.7 Å². The number of rotatable bonds is 5. The zero-order valence-electron chi connectivity index (χ0n) is 10.4. The second-order valence-corrected chi connectivity index (χ2v) is 4.60. The summed E-state index contributed by atoms with van der Waals surface area (Å²) in [5.74, 6) is 0. The van der Waals surface area contributed by atoms with Crippen molar-refractivity contribution in [3.05, 3.63) is 35.9 Å². The molecule has 2 rings (SSSR count). The van der Waals surface area contributed by atoms with Crippen molar-refractivity contribution in [1.82, 2.24) is 5.32 Å². The van der Waals surface area contributed by atoms with Crippen LogP contribution in [-0.4, -0.2) is 32.1 Å². The molecule has 1 N–H and O–H groups in total. The molecule has 0 bridgehead atoms. The molecule has 1 heterocycles. The van der Waals surface area contributed by atoms with Gasteiger partial charge in [0.2, 0.25) is 0 Å². The summed E-state index contributed by atoms with van der Waals surface area (Å²) in [5, 5.41) is 3.52. The maximum Gasteiger partial charge on any atom is 0.147 e. The summed E-state index contributed by atoms with van der Waals surface area (Å²) in [4.78, 5) is 0. The maximum atomic E-state index is 5.49. The second-order valence-electron chi connectivity index (χ2n) is 4.60. The summed E-state index contributed by atoms with van der Waals surface area (Å²) in [6.07, 6.45) is 2.36. The van der Waals surface area contributed by atoms with E-state index < -0.39 is 0 Å². The van der Waals surface area contributed by atoms with Crippen LogP contribution in [0.3, 0.4) is 0 Å². The third-order valence-electron chi connectivity index (χ3n) is 3.05. The molecule has 0 amide bonds. The van der Waals surface area contributed by atoms with Gasteiger partial charge in [0.25, 0.3) is 0 Å². The first-order valence-electron chi connectivity index (χ1n) is 6.31. The molecule has 3 heteroatoms. The molecule has 0 radical (unpaired) electrons. The van der Waals surface area contributed by atoms with E-state index in [1.54, 1.807) is 0 Å². The molecular formula is C14H21NO2. The molecule has 0 aromatic heterocycles. The van der Waals surface area contributed by atoms with Crippen LogP contribution in [0.2, 0.25) is 0 Å². The number of hydrogen-bond acceptors (Lipinski definition) is 3. The normalized spacial score (nSPS) is 22.3. The molecule has 1 aromatic carbocycles. The van der Waals surface area contributed by atoms with E-state index in [-0.39, 0.29) is 0 Å². The molecule has 17 heavy (non-hydrogen) atoms. The lowest BCUT2D eigenvalue weighted by atomic mass is 10.1. The van der Waals surface area contributed by atoms with Crippen LogP contribution in [0.5, 0.6) is 0 Å². The van der Waals surface area contributed by atoms with Gasteiger partial charge >= 0.3 is 0 Å². The summed E-state index contributed by atoms with van der Waals surface area (Å²) < 4.78 is 10.6. The van der Waals surface area contributed by atoms with Crippen LogP contribution in [0.1, 0.15) is 18.9 Å². The molecule has 1 aliphatic rings. The van der Waals surface area contributed by atoms with Gasteiger partial charge in [-0.2, -0.15) is 0 Å². The summed E-state index contributed by atoms with van der Waals surface area (Å²) in [6.45, 7) is 4.39. The van der Waals surface area contributed by atoms with Crippen molar-refractivity contribution >= 4 is 0 Å². The van der Waals surface area contributed by atoms with E-state index in [0.29, 0.717) is 18.9 Å². The average Bonchev–Trinajstić information content (AvgIpc) is 2.39. The molecule has 3 nitrogen and oxygen atoms in total. The molecule has 2 atom stereocenters. The van der Waals surface area contributed by atoms with E-state index in [9.17, 15) is 0 Å². The van der Waals surface area contributed by atoms with Crippen LogP contribution in [0.4, 0.5) is 0 Å². The van der Waals surface area contributed by atoms with Gasteiger partial charge in [0.1, 0.15) is 6.79 Å². The van der Waals surface area contributed by atoms with Crippen molar-refractivity contribution in [1.29, 1.82) is 0 Å². The van der Waals surface area contributed by atoms with Gasteiger partial charge in [0.15, 0.2) is 0 Å². The van der Waals surface area contributed by atoms with E-state index >= 15 is 0 Å². The summed E-state index contributed by atoms with van der Waals surface area (Å²) in [6, 6.07) is 11.0. The summed E-state index contributed by atoms with van der Waals surface area (Å²) in [7, 11) is 0. The molecule has 1 aromatic rings. The molecule has 2 unspecified atom stereocenters. The zero-order valence-corrected chi connectivity index (χ0v) is 10.4. The number of ether oxygens (including phenoxy) is 2. The van der Waals surface area contributed by atoms with Crippen molar-refractivity contribution < 1.29 is 9.47 Å². The molecule has 1 saturated heterocycles. The summed E-state index contributed by atoms with van der Waals surface area (Å²) in [5.41, 5.74) is 1.38. The van der Waals surface area contributed by atoms with E-state index in [1.165, 1.54) is 5.56 Å². The lowest BCUT2D eigenvalue weighted by Gasteiger charge is -2.24. The standard InChI is InChI=1S/C14H21NO2/c1-12(9-13-5-3-2-4-6-13)15-10-14-7-8-16-11-17-14/h2-6,12,14-15H,7-11H2,1H3. The second kappa shape index (κ2) is 6.74. The largest absolute Gasteiger partial charge is 0.355 e. The highest BCUT2D eigenvalue weighted by molar-refractivity contribution is 5.15. The number of nitrogens with one attached hydrogen (secondary N) is 1. The lowest BCUT2D eigenvalue weighted by molar-refractivity contribution is -0.137. The Bertz CT molecular complexity index is 309. The van der Waals surface area contributed by atoms with E-state index in [4.69, 9.17) is 9.47 Å². The fourth-order valence-electron chi connectivity index (χ4n) is 2.03. The van der Waals surface area contributed by atoms with Gasteiger partial charge in [-0.1, -0.05) is 30.3 Å². The minimum atomic E-state index is 0.307. The van der Waals surface area contributed by atoms with Crippen molar-refractivity contribution in [3.8, 4) is 0 Å². The van der Waals surface area contributed by atoms with Gasteiger partial charge in [-0.15, -0.1) is 0 Å². The molecular weight excluding hydrogens is 214 g/mol. The van der Waals surface area contributed by atoms with E-state index in [2.05, 4.69) is 42.6 Å². The Morgan fingerprint density at radius 3 is 2.88 bits per heavy atom. The Morgan fingerprint density at radius 1 is 1.35 bits per heavy atom. The molecule has 0 aliphatic carbocycles. The van der Waals surface area contributed by atoms with Gasteiger partial charge in [-0.3, -0.25) is 0 Å². The van der Waals surface area contributed by atoms with Crippen LogP contribution >= 0.6 is 0 Å². The maximum absolute atomic E-state index is 5.49. The van der Waals surface area contributed by atoms with Gasteiger partial charge < -0.3 is 14.8 Å². The van der Waals surface area contributed by atoms with Crippen molar-refractivity contribution in [2.45, 2.75) is 31.9 Å². The van der Waals surface area contributed by atoms with Crippen LogP contribution in [-0.2, 0) is 15.9 Å².